The van der Waals surface area contributed by atoms with Crippen LogP contribution in [0.15, 0.2) is 30.3 Å². The number of hydrogen-bond donors (Lipinski definition) is 1. The minimum absolute atomic E-state index is 0.644. The summed E-state index contributed by atoms with van der Waals surface area (Å²) in [4.78, 5) is 4.52. The van der Waals surface area contributed by atoms with Crippen molar-refractivity contribution < 1.29 is 5.11 Å². The summed E-state index contributed by atoms with van der Waals surface area (Å²) in [6.07, 6.45) is 4.01. The molecule has 3 heteroatoms. The Bertz CT molecular complexity index is 696. The Morgan fingerprint density at radius 1 is 1.24 bits per heavy atom. The van der Waals surface area contributed by atoms with Gasteiger partial charge in [0.15, 0.2) is 0 Å². The van der Waals surface area contributed by atoms with Crippen LogP contribution in [0.4, 0.5) is 0 Å². The molecule has 0 bridgehead atoms. The van der Waals surface area contributed by atoms with E-state index in [0.29, 0.717) is 0 Å². The van der Waals surface area contributed by atoms with Crippen molar-refractivity contribution in [1.82, 2.24) is 4.98 Å². The Morgan fingerprint density at radius 3 is 2.67 bits per heavy atom. The van der Waals surface area contributed by atoms with Crippen LogP contribution in [-0.2, 0) is 0 Å². The number of benzene rings is 1. The van der Waals surface area contributed by atoms with Gasteiger partial charge in [0.25, 0.3) is 0 Å². The van der Waals surface area contributed by atoms with Crippen molar-refractivity contribution in [3.63, 3.8) is 0 Å². The average molecular weight is 280 g/mol. The number of nitriles is 1. The largest absolute Gasteiger partial charge is 0.387 e. The molecule has 1 fully saturated rings. The molecule has 1 aromatic heterocycles. The van der Waals surface area contributed by atoms with E-state index in [4.69, 9.17) is 0 Å². The monoisotopic (exact) mass is 280 g/mol. The highest BCUT2D eigenvalue weighted by molar-refractivity contribution is 5.82. The minimum Gasteiger partial charge on any atom is -0.387 e. The van der Waals surface area contributed by atoms with Crippen molar-refractivity contribution in [3.05, 3.63) is 41.6 Å². The first-order valence-electron chi connectivity index (χ1n) is 7.62. The van der Waals surface area contributed by atoms with Gasteiger partial charge in [0.1, 0.15) is 0 Å². The summed E-state index contributed by atoms with van der Waals surface area (Å²) in [5.41, 5.74) is 1.97. The van der Waals surface area contributed by atoms with Gasteiger partial charge in [-0.2, -0.15) is 5.26 Å². The van der Waals surface area contributed by atoms with E-state index in [1.807, 2.05) is 37.3 Å². The Kier molecular flexibility index (Phi) is 3.65. The molecule has 1 saturated carbocycles. The van der Waals surface area contributed by atoms with Crippen LogP contribution in [0.25, 0.3) is 10.9 Å². The second kappa shape index (κ2) is 5.46. The van der Waals surface area contributed by atoms with E-state index < -0.39 is 11.5 Å². The molecule has 108 valence electrons. The molecule has 1 aliphatic rings. The lowest BCUT2D eigenvalue weighted by Crippen LogP contribution is -2.30. The van der Waals surface area contributed by atoms with E-state index in [0.717, 1.165) is 54.3 Å². The number of nitrogens with zero attached hydrogens (tertiary/aromatic N) is 2. The van der Waals surface area contributed by atoms with Crippen molar-refractivity contribution in [3.8, 4) is 6.07 Å². The first kappa shape index (κ1) is 14.0. The highest BCUT2D eigenvalue weighted by atomic mass is 16.3. The van der Waals surface area contributed by atoms with Crippen LogP contribution < -0.4 is 0 Å². The third-order valence-corrected chi connectivity index (χ3v) is 4.66. The first-order chi connectivity index (χ1) is 10.2. The molecule has 1 unspecified atom stereocenters. The predicted molar refractivity (Wildman–Crippen MR) is 82.6 cm³/mol. The molecular formula is C18H20N2O. The van der Waals surface area contributed by atoms with E-state index in [-0.39, 0.29) is 0 Å². The molecule has 0 saturated heterocycles. The number of aryl methyl sites for hydroxylation is 1. The molecule has 3 nitrogen and oxygen atoms in total. The molecule has 1 N–H and O–H groups in total. The first-order valence-corrected chi connectivity index (χ1v) is 7.62. The van der Waals surface area contributed by atoms with E-state index in [1.54, 1.807) is 0 Å². The van der Waals surface area contributed by atoms with Gasteiger partial charge in [-0.1, -0.05) is 37.5 Å². The number of aromatic nitrogens is 1. The van der Waals surface area contributed by atoms with E-state index in [2.05, 4.69) is 11.1 Å². The summed E-state index contributed by atoms with van der Waals surface area (Å²) >= 11 is 0. The molecule has 0 aliphatic heterocycles. The third kappa shape index (κ3) is 2.41. The van der Waals surface area contributed by atoms with Gasteiger partial charge in [-0.25, -0.2) is 0 Å². The number of aliphatic hydroxyl groups is 1. The van der Waals surface area contributed by atoms with Gasteiger partial charge in [-0.3, -0.25) is 4.98 Å². The Labute approximate surface area is 125 Å². The topological polar surface area (TPSA) is 56.9 Å². The summed E-state index contributed by atoms with van der Waals surface area (Å²) in [6, 6.07) is 12.2. The molecule has 1 heterocycles. The molecule has 0 radical (unpaired) electrons. The Hall–Kier alpha value is -1.92. The van der Waals surface area contributed by atoms with Gasteiger partial charge in [0, 0.05) is 11.1 Å². The van der Waals surface area contributed by atoms with Crippen LogP contribution in [0.2, 0.25) is 0 Å². The number of rotatable bonds is 2. The van der Waals surface area contributed by atoms with Gasteiger partial charge in [0.05, 0.1) is 23.1 Å². The average Bonchev–Trinajstić information content (AvgIpc) is 2.54. The molecular weight excluding hydrogens is 260 g/mol. The van der Waals surface area contributed by atoms with Gasteiger partial charge in [0.2, 0.25) is 0 Å². The number of pyridine rings is 1. The number of fused-ring (bicyclic) bond motifs is 1. The maximum atomic E-state index is 11.0. The summed E-state index contributed by atoms with van der Waals surface area (Å²) < 4.78 is 0. The zero-order valence-electron chi connectivity index (χ0n) is 12.3. The van der Waals surface area contributed by atoms with Crippen LogP contribution in [0.5, 0.6) is 0 Å². The molecule has 1 aromatic carbocycles. The van der Waals surface area contributed by atoms with Crippen molar-refractivity contribution in [2.45, 2.75) is 45.1 Å². The SMILES string of the molecule is Cc1cc(C(O)C2(C#N)CCCCC2)c2ccccc2n1. The quantitative estimate of drug-likeness (QED) is 0.902. The van der Waals surface area contributed by atoms with Crippen LogP contribution in [0.1, 0.15) is 49.5 Å². The fraction of sp³-hybridized carbons (Fsp3) is 0.444. The summed E-state index contributed by atoms with van der Waals surface area (Å²) in [6.45, 7) is 1.93. The minimum atomic E-state index is -0.741. The van der Waals surface area contributed by atoms with Crippen LogP contribution in [0, 0.1) is 23.7 Å². The molecule has 3 rings (SSSR count). The molecule has 1 atom stereocenters. The van der Waals surface area contributed by atoms with Crippen LogP contribution in [-0.4, -0.2) is 10.1 Å². The van der Waals surface area contributed by atoms with Crippen molar-refractivity contribution >= 4 is 10.9 Å². The highest BCUT2D eigenvalue weighted by Crippen LogP contribution is 2.46. The standard InChI is InChI=1S/C18H20N2O/c1-13-11-15(14-7-3-4-8-16(14)20-13)17(21)18(12-19)9-5-2-6-10-18/h3-4,7-8,11,17,21H,2,5-6,9-10H2,1H3. The number of para-hydroxylation sites is 1. The predicted octanol–water partition coefficient (Wildman–Crippen LogP) is 4.05. The van der Waals surface area contributed by atoms with E-state index in [9.17, 15) is 10.4 Å². The lowest BCUT2D eigenvalue weighted by atomic mass is 9.69. The van der Waals surface area contributed by atoms with Gasteiger partial charge >= 0.3 is 0 Å². The second-order valence-corrected chi connectivity index (χ2v) is 6.10. The third-order valence-electron chi connectivity index (χ3n) is 4.66. The van der Waals surface area contributed by atoms with Crippen molar-refractivity contribution in [1.29, 1.82) is 5.26 Å². The molecule has 2 aromatic rings. The summed E-state index contributed by atoms with van der Waals surface area (Å²) in [7, 11) is 0. The smallest absolute Gasteiger partial charge is 0.0983 e. The zero-order valence-corrected chi connectivity index (χ0v) is 12.3. The fourth-order valence-electron chi connectivity index (χ4n) is 3.49. The molecule has 1 aliphatic carbocycles. The lowest BCUT2D eigenvalue weighted by molar-refractivity contribution is 0.0370. The van der Waals surface area contributed by atoms with Gasteiger partial charge in [-0.05, 0) is 37.5 Å². The normalized spacial score (nSPS) is 19.1. The molecule has 0 spiro atoms. The van der Waals surface area contributed by atoms with Gasteiger partial charge < -0.3 is 5.11 Å². The zero-order chi connectivity index (χ0) is 14.9. The summed E-state index contributed by atoms with van der Waals surface area (Å²) in [5.74, 6) is 0. The number of aliphatic hydroxyl groups excluding tert-OH is 1. The van der Waals surface area contributed by atoms with Gasteiger partial charge in [-0.15, -0.1) is 0 Å². The maximum Gasteiger partial charge on any atom is 0.0983 e. The van der Waals surface area contributed by atoms with Crippen LogP contribution >= 0.6 is 0 Å². The molecule has 21 heavy (non-hydrogen) atoms. The molecule has 0 amide bonds. The van der Waals surface area contributed by atoms with Crippen LogP contribution in [0.3, 0.4) is 0 Å². The maximum absolute atomic E-state index is 11.0. The fourth-order valence-corrected chi connectivity index (χ4v) is 3.49. The highest BCUT2D eigenvalue weighted by Gasteiger charge is 2.40. The Balaban J connectivity index is 2.13. The summed E-state index contributed by atoms with van der Waals surface area (Å²) in [5, 5.41) is 21.6. The van der Waals surface area contributed by atoms with E-state index in [1.165, 1.54) is 0 Å². The van der Waals surface area contributed by atoms with E-state index >= 15 is 0 Å². The van der Waals surface area contributed by atoms with Crippen molar-refractivity contribution in [2.24, 2.45) is 5.41 Å². The van der Waals surface area contributed by atoms with Crippen molar-refractivity contribution in [2.75, 3.05) is 0 Å². The number of hydrogen-bond acceptors (Lipinski definition) is 3. The second-order valence-electron chi connectivity index (χ2n) is 6.10. The Morgan fingerprint density at radius 2 is 1.95 bits per heavy atom. The lowest BCUT2D eigenvalue weighted by Gasteiger charge is -2.35.